The average Bonchev–Trinajstić information content (AvgIpc) is 4.15. The Morgan fingerprint density at radius 2 is 1.42 bits per heavy atom. The molecule has 10 atom stereocenters. The summed E-state index contributed by atoms with van der Waals surface area (Å²) in [4.78, 5) is 167. The molecule has 0 bridgehead atoms. The van der Waals surface area contributed by atoms with Gasteiger partial charge < -0.3 is 48.4 Å². The second kappa shape index (κ2) is 37.4. The number of hydrogen-bond acceptors (Lipinski definition) is 16. The maximum atomic E-state index is 14.7. The van der Waals surface area contributed by atoms with Crippen molar-refractivity contribution in [2.24, 2.45) is 29.2 Å². The average molecular weight is 1240 g/mol. The number of carbonyl (C=O) groups excluding carboxylic acids is 12. The Morgan fingerprint density at radius 1 is 0.775 bits per heavy atom. The number of Topliss-reactive ketones (excluding diaryl/α,β-unsaturated/α-hetero) is 6. The molecule has 3 rings (SSSR count). The molecule has 0 saturated heterocycles. The van der Waals surface area contributed by atoms with Gasteiger partial charge in [-0.25, -0.2) is 0 Å². The van der Waals surface area contributed by atoms with Crippen LogP contribution in [0, 0.1) is 17.8 Å². The molecule has 1 aliphatic heterocycles. The van der Waals surface area contributed by atoms with Crippen molar-refractivity contribution >= 4 is 81.0 Å². The fourth-order valence-corrected chi connectivity index (χ4v) is 10.9. The number of amides is 6. The van der Waals surface area contributed by atoms with Crippen molar-refractivity contribution in [3.8, 4) is 0 Å². The molecule has 3 unspecified atom stereocenters. The Bertz CT molecular complexity index is 2800. The summed E-state index contributed by atoms with van der Waals surface area (Å²) in [5.41, 5.74) is 8.13. The Balaban J connectivity index is 2.00. The first-order chi connectivity index (χ1) is 41.9. The van der Waals surface area contributed by atoms with Crippen molar-refractivity contribution in [1.29, 1.82) is 0 Å². The summed E-state index contributed by atoms with van der Waals surface area (Å²) in [7, 11) is 0. The first-order valence-electron chi connectivity index (χ1n) is 32.1. The van der Waals surface area contributed by atoms with E-state index in [1.807, 2.05) is 51.1 Å². The number of benzene rings is 1. The van der Waals surface area contributed by atoms with Crippen molar-refractivity contribution in [2.45, 2.75) is 239 Å². The van der Waals surface area contributed by atoms with E-state index in [0.29, 0.717) is 38.5 Å². The number of allylic oxidation sites excluding steroid dienone is 2. The van der Waals surface area contributed by atoms with Crippen molar-refractivity contribution in [1.82, 2.24) is 47.5 Å². The van der Waals surface area contributed by atoms with Gasteiger partial charge in [0.15, 0.2) is 5.78 Å². The monoisotopic (exact) mass is 1240 g/mol. The molecule has 1 aliphatic rings. The SMILES string of the molecule is CCCC[C@H](CNC(C)C(=O)C(=O)C(C)NC(=O)[C@]1(C)CCC/C=C/CCCCCCCC[C@@](C)(NCC(C)=O)C(=O)CN[C@@](C)(Cc2c[nH]c3ccccc23)C(=O)NC(C)C(=O)C(=O)[C@H](CCC(N)=O)NC[C@@H](CC(C)C)C(=O)N1)C(=O)N[C@@H](C)C(N)=O. The van der Waals surface area contributed by atoms with Gasteiger partial charge in [-0.3, -0.25) is 68.2 Å². The van der Waals surface area contributed by atoms with Crippen molar-refractivity contribution in [2.75, 3.05) is 26.2 Å². The van der Waals surface area contributed by atoms with Gasteiger partial charge in [-0.15, -0.1) is 0 Å². The van der Waals surface area contributed by atoms with Crippen LogP contribution in [0.2, 0.25) is 0 Å². The fraction of sp³-hybridized carbons (Fsp3) is 0.667. The Kier molecular flexibility index (Phi) is 32.1. The topological polar surface area (TPSA) is 369 Å². The van der Waals surface area contributed by atoms with Crippen molar-refractivity contribution in [3.05, 3.63) is 48.2 Å². The number of hydrogen-bond donors (Lipinski definition) is 11. The van der Waals surface area contributed by atoms with E-state index in [-0.39, 0.29) is 75.8 Å². The molecular weight excluding hydrogens is 1140 g/mol. The van der Waals surface area contributed by atoms with E-state index in [4.69, 9.17) is 11.5 Å². The molecule has 496 valence electrons. The highest BCUT2D eigenvalue weighted by molar-refractivity contribution is 6.41. The lowest BCUT2D eigenvalue weighted by Crippen LogP contribution is -2.62. The number of aromatic amines is 1. The van der Waals surface area contributed by atoms with Crippen LogP contribution in [-0.4, -0.2) is 148 Å². The third-order valence-corrected chi connectivity index (χ3v) is 16.9. The number of nitrogens with one attached hydrogen (secondary N) is 9. The standard InChI is InChI=1S/C66H105N11O12/c1-12-13-27-47(60(86)74-46(8)59(68)85)37-69-43(5)55(81)56(82)44(6)75-62(88)65(10)33-26-22-20-18-16-14-15-17-19-21-25-32-64(9,72-36-42(4)78)53(79)40-73-66(11,35-49-39-70-51-29-24-23-28-50(49)51)63(89)76-45(7)57(83)58(84)52(30-31-54(67)80)71-38-48(34-41(2)3)61(87)77-65/h18,20,23-24,28-29,39,41,43-48,52,69-73H,12-17,19,21-22,25-27,30-38,40H2,1-11H3,(H2,67,80)(H2,68,85)(H,74,86)(H,75,88)(H,76,89)(H,77,87)/b20-18+/t43?,44?,45?,46-,47+,48+,52-,64+,65-,66-/m0/s1. The molecule has 0 spiro atoms. The van der Waals surface area contributed by atoms with Gasteiger partial charge in [0.2, 0.25) is 58.6 Å². The number of rotatable bonds is 24. The number of fused-ring (bicyclic) bond motifs is 1. The zero-order valence-corrected chi connectivity index (χ0v) is 54.8. The van der Waals surface area contributed by atoms with Crippen LogP contribution in [0.4, 0.5) is 0 Å². The number of nitrogens with two attached hydrogens (primary N) is 2. The molecule has 6 amide bonds. The van der Waals surface area contributed by atoms with Crippen LogP contribution in [0.3, 0.4) is 0 Å². The Hall–Kier alpha value is -6.82. The lowest BCUT2D eigenvalue weighted by atomic mass is 9.87. The summed E-state index contributed by atoms with van der Waals surface area (Å²) < 4.78 is 0. The Labute approximate surface area is 526 Å². The molecule has 2 heterocycles. The molecule has 2 aromatic rings. The highest BCUT2D eigenvalue weighted by Crippen LogP contribution is 2.26. The van der Waals surface area contributed by atoms with E-state index in [0.717, 1.165) is 61.4 Å². The van der Waals surface area contributed by atoms with Gasteiger partial charge in [-0.05, 0) is 131 Å². The van der Waals surface area contributed by atoms with E-state index in [1.54, 1.807) is 20.0 Å². The van der Waals surface area contributed by atoms with Crippen LogP contribution in [0.15, 0.2) is 42.6 Å². The van der Waals surface area contributed by atoms with Crippen LogP contribution in [0.1, 0.15) is 191 Å². The van der Waals surface area contributed by atoms with E-state index in [2.05, 4.69) is 53.6 Å². The maximum absolute atomic E-state index is 14.7. The number of ketones is 6. The number of H-pyrrole nitrogens is 1. The largest absolute Gasteiger partial charge is 0.370 e. The van der Waals surface area contributed by atoms with E-state index in [9.17, 15) is 57.5 Å². The van der Waals surface area contributed by atoms with Crippen LogP contribution in [-0.2, 0) is 64.0 Å². The summed E-state index contributed by atoms with van der Waals surface area (Å²) in [6, 6.07) is 1.38. The number of carbonyl (C=O) groups is 12. The van der Waals surface area contributed by atoms with Gasteiger partial charge in [0, 0.05) is 43.0 Å². The first kappa shape index (κ1) is 76.4. The first-order valence-corrected chi connectivity index (χ1v) is 32.1. The number of unbranched alkanes of at least 4 members (excludes halogenated alkanes) is 1. The minimum absolute atomic E-state index is 0.0100. The summed E-state index contributed by atoms with van der Waals surface area (Å²) >= 11 is 0. The van der Waals surface area contributed by atoms with Gasteiger partial charge in [0.05, 0.1) is 60.2 Å². The molecule has 0 saturated carbocycles. The molecule has 23 heteroatoms. The highest BCUT2D eigenvalue weighted by atomic mass is 16.2. The molecule has 0 radical (unpaired) electrons. The van der Waals surface area contributed by atoms with Crippen molar-refractivity contribution in [3.63, 3.8) is 0 Å². The second-order valence-electron chi connectivity index (χ2n) is 25.6. The normalized spacial score (nSPS) is 24.9. The molecule has 13 N–H and O–H groups in total. The third-order valence-electron chi connectivity index (χ3n) is 16.9. The molecule has 23 nitrogen and oxygen atoms in total. The minimum atomic E-state index is -1.65. The number of para-hydroxylation sites is 1. The van der Waals surface area contributed by atoms with E-state index in [1.165, 1.54) is 41.5 Å². The predicted octanol–water partition coefficient (Wildman–Crippen LogP) is 4.25. The van der Waals surface area contributed by atoms with Gasteiger partial charge in [-0.2, -0.15) is 0 Å². The quantitative estimate of drug-likeness (QED) is 0.0517. The molecule has 0 aliphatic carbocycles. The summed E-state index contributed by atoms with van der Waals surface area (Å²) in [5.74, 6) is -9.84. The maximum Gasteiger partial charge on any atom is 0.246 e. The van der Waals surface area contributed by atoms with Crippen molar-refractivity contribution < 1.29 is 57.5 Å². The molecule has 89 heavy (non-hydrogen) atoms. The van der Waals surface area contributed by atoms with Crippen LogP contribution in [0.5, 0.6) is 0 Å². The lowest BCUT2D eigenvalue weighted by Gasteiger charge is -2.34. The minimum Gasteiger partial charge on any atom is -0.370 e. The summed E-state index contributed by atoms with van der Waals surface area (Å²) in [6.45, 7) is 17.2. The fourth-order valence-electron chi connectivity index (χ4n) is 10.9. The van der Waals surface area contributed by atoms with Crippen LogP contribution >= 0.6 is 0 Å². The molecule has 1 aromatic heterocycles. The predicted molar refractivity (Wildman–Crippen MR) is 343 cm³/mol. The van der Waals surface area contributed by atoms with Crippen LogP contribution in [0.25, 0.3) is 10.9 Å². The zero-order valence-electron chi connectivity index (χ0n) is 54.8. The smallest absolute Gasteiger partial charge is 0.246 e. The zero-order chi connectivity index (χ0) is 66.6. The summed E-state index contributed by atoms with van der Waals surface area (Å²) in [5, 5.41) is 24.2. The lowest BCUT2D eigenvalue weighted by molar-refractivity contribution is -0.141. The van der Waals surface area contributed by atoms with Gasteiger partial charge in [0.1, 0.15) is 17.4 Å². The third kappa shape index (κ3) is 25.2. The van der Waals surface area contributed by atoms with E-state index >= 15 is 0 Å². The van der Waals surface area contributed by atoms with E-state index < -0.39 is 117 Å². The van der Waals surface area contributed by atoms with Gasteiger partial charge in [-0.1, -0.05) is 96.1 Å². The van der Waals surface area contributed by atoms with Gasteiger partial charge >= 0.3 is 0 Å². The number of primary amides is 2. The summed E-state index contributed by atoms with van der Waals surface area (Å²) in [6.07, 6.45) is 15.0. The highest BCUT2D eigenvalue weighted by Gasteiger charge is 2.42. The number of aromatic nitrogens is 1. The molecular formula is C66H105N11O12. The van der Waals surface area contributed by atoms with Crippen LogP contribution < -0.4 is 54.0 Å². The molecule has 1 aromatic carbocycles. The molecule has 0 fully saturated rings. The van der Waals surface area contributed by atoms with Gasteiger partial charge in [0.25, 0.3) is 0 Å². The Morgan fingerprint density at radius 3 is 2.06 bits per heavy atom. The second-order valence-corrected chi connectivity index (χ2v) is 25.6.